The second kappa shape index (κ2) is 5.30. The maximum Gasteiger partial charge on any atom is 0.325 e. The first kappa shape index (κ1) is 13.0. The molecular weight excluding hydrogens is 208 g/mol. The number of unbranched alkanes of at least 4 members (excludes halogenated alkanes) is 2. The molecule has 1 atom stereocenters. The average Bonchev–Trinajstić information content (AvgIpc) is 2.47. The van der Waals surface area contributed by atoms with Gasteiger partial charge in [-0.2, -0.15) is 0 Å². The molecule has 1 aliphatic heterocycles. The minimum absolute atomic E-state index is 0.177. The summed E-state index contributed by atoms with van der Waals surface area (Å²) in [5.74, 6) is -0.206. The molecule has 16 heavy (non-hydrogen) atoms. The summed E-state index contributed by atoms with van der Waals surface area (Å²) in [6, 6.07) is -0.293. The third-order valence-corrected chi connectivity index (χ3v) is 3.28. The first-order valence-electron chi connectivity index (χ1n) is 5.80. The number of carbonyl (C=O) groups excluding carboxylic acids is 2. The van der Waals surface area contributed by atoms with Crippen molar-refractivity contribution in [2.75, 3.05) is 13.2 Å². The Bertz CT molecular complexity index is 280. The maximum atomic E-state index is 11.6. The molecule has 2 N–H and O–H groups in total. The summed E-state index contributed by atoms with van der Waals surface area (Å²) in [6.07, 6.45) is 3.04. The van der Waals surface area contributed by atoms with Crippen LogP contribution in [0, 0.1) is 0 Å². The highest BCUT2D eigenvalue weighted by Crippen LogP contribution is 2.25. The van der Waals surface area contributed by atoms with Crippen molar-refractivity contribution in [1.82, 2.24) is 10.2 Å². The summed E-state index contributed by atoms with van der Waals surface area (Å²) in [5, 5.41) is 11.0. The number of urea groups is 1. The van der Waals surface area contributed by atoms with Crippen molar-refractivity contribution in [2.45, 2.75) is 45.1 Å². The molecule has 5 nitrogen and oxygen atoms in total. The highest BCUT2D eigenvalue weighted by molar-refractivity contribution is 6.06. The Kier molecular flexibility index (Phi) is 4.29. The van der Waals surface area contributed by atoms with Crippen molar-refractivity contribution in [3.63, 3.8) is 0 Å². The highest BCUT2D eigenvalue weighted by Gasteiger charge is 2.47. The molecule has 1 unspecified atom stereocenters. The van der Waals surface area contributed by atoms with Gasteiger partial charge in [0, 0.05) is 13.2 Å². The number of hydrogen-bond donors (Lipinski definition) is 2. The van der Waals surface area contributed by atoms with Crippen LogP contribution in [-0.4, -0.2) is 40.6 Å². The van der Waals surface area contributed by atoms with Crippen LogP contribution in [0.1, 0.15) is 39.5 Å². The van der Waals surface area contributed by atoms with Gasteiger partial charge in [-0.3, -0.25) is 10.1 Å². The van der Waals surface area contributed by atoms with Crippen molar-refractivity contribution in [3.8, 4) is 0 Å². The van der Waals surface area contributed by atoms with Gasteiger partial charge in [-0.25, -0.2) is 4.79 Å². The number of nitrogens with one attached hydrogen (secondary N) is 1. The fourth-order valence-corrected chi connectivity index (χ4v) is 1.90. The summed E-state index contributed by atoms with van der Waals surface area (Å²) in [4.78, 5) is 24.8. The van der Waals surface area contributed by atoms with Crippen molar-refractivity contribution in [2.24, 2.45) is 0 Å². The molecule has 0 radical (unpaired) electrons. The number of amides is 3. The smallest absolute Gasteiger partial charge is 0.325 e. The van der Waals surface area contributed by atoms with Crippen LogP contribution >= 0.6 is 0 Å². The lowest BCUT2D eigenvalue weighted by atomic mass is 9.97. The van der Waals surface area contributed by atoms with E-state index < -0.39 is 5.54 Å². The molecule has 0 saturated carbocycles. The summed E-state index contributed by atoms with van der Waals surface area (Å²) in [5.41, 5.74) is -0.698. The van der Waals surface area contributed by atoms with Gasteiger partial charge in [-0.1, -0.05) is 6.92 Å². The van der Waals surface area contributed by atoms with Gasteiger partial charge in [0.05, 0.1) is 0 Å². The maximum absolute atomic E-state index is 11.6. The van der Waals surface area contributed by atoms with Gasteiger partial charge < -0.3 is 10.0 Å². The molecular formula is C11H20N2O3. The minimum Gasteiger partial charge on any atom is -0.396 e. The van der Waals surface area contributed by atoms with Crippen molar-refractivity contribution < 1.29 is 14.7 Å². The standard InChI is InChI=1S/C11H20N2O3/c1-3-11(2)9(15)12-10(16)13(11)7-5-4-6-8-14/h14H,3-8H2,1-2H3,(H,12,15,16). The fourth-order valence-electron chi connectivity index (χ4n) is 1.90. The molecule has 3 amide bonds. The Labute approximate surface area is 95.8 Å². The second-order valence-corrected chi connectivity index (χ2v) is 4.32. The van der Waals surface area contributed by atoms with Gasteiger partial charge in [0.25, 0.3) is 5.91 Å². The van der Waals surface area contributed by atoms with Crippen LogP contribution in [0.15, 0.2) is 0 Å². The van der Waals surface area contributed by atoms with Crippen molar-refractivity contribution in [1.29, 1.82) is 0 Å². The van der Waals surface area contributed by atoms with Crippen LogP contribution in [0.25, 0.3) is 0 Å². The second-order valence-electron chi connectivity index (χ2n) is 4.32. The van der Waals surface area contributed by atoms with Gasteiger partial charge in [0.1, 0.15) is 5.54 Å². The molecule has 0 aromatic rings. The van der Waals surface area contributed by atoms with E-state index in [0.717, 1.165) is 19.3 Å². The number of imide groups is 1. The average molecular weight is 228 g/mol. The van der Waals surface area contributed by atoms with Gasteiger partial charge in [-0.05, 0) is 32.6 Å². The number of aliphatic hydroxyl groups is 1. The van der Waals surface area contributed by atoms with E-state index in [2.05, 4.69) is 5.32 Å². The number of carbonyl (C=O) groups is 2. The van der Waals surface area contributed by atoms with E-state index in [1.165, 1.54) is 0 Å². The van der Waals surface area contributed by atoms with E-state index in [4.69, 9.17) is 5.11 Å². The molecule has 92 valence electrons. The molecule has 1 fully saturated rings. The lowest BCUT2D eigenvalue weighted by Crippen LogP contribution is -2.46. The number of aliphatic hydroxyl groups excluding tert-OH is 1. The van der Waals surface area contributed by atoms with E-state index >= 15 is 0 Å². The molecule has 1 rings (SSSR count). The highest BCUT2D eigenvalue weighted by atomic mass is 16.3. The third-order valence-electron chi connectivity index (χ3n) is 3.28. The van der Waals surface area contributed by atoms with Crippen LogP contribution in [0.2, 0.25) is 0 Å². The summed E-state index contributed by atoms with van der Waals surface area (Å²) in [7, 11) is 0. The van der Waals surface area contributed by atoms with Crippen LogP contribution < -0.4 is 5.32 Å². The molecule has 0 spiro atoms. The van der Waals surface area contributed by atoms with E-state index in [9.17, 15) is 9.59 Å². The predicted molar refractivity (Wildman–Crippen MR) is 59.9 cm³/mol. The molecule has 0 aromatic carbocycles. The normalized spacial score (nSPS) is 25.1. The summed E-state index contributed by atoms with van der Waals surface area (Å²) in [6.45, 7) is 4.44. The number of rotatable bonds is 6. The quantitative estimate of drug-likeness (QED) is 0.523. The van der Waals surface area contributed by atoms with E-state index in [0.29, 0.717) is 13.0 Å². The molecule has 0 bridgehead atoms. The van der Waals surface area contributed by atoms with E-state index in [1.54, 1.807) is 11.8 Å². The van der Waals surface area contributed by atoms with Crippen molar-refractivity contribution in [3.05, 3.63) is 0 Å². The zero-order chi connectivity index (χ0) is 12.2. The monoisotopic (exact) mass is 228 g/mol. The fraction of sp³-hybridized carbons (Fsp3) is 0.818. The van der Waals surface area contributed by atoms with Crippen LogP contribution in [0.3, 0.4) is 0 Å². The lowest BCUT2D eigenvalue weighted by molar-refractivity contribution is -0.126. The largest absolute Gasteiger partial charge is 0.396 e. The molecule has 1 aliphatic rings. The Morgan fingerprint density at radius 3 is 2.56 bits per heavy atom. The Balaban J connectivity index is 2.55. The first-order valence-corrected chi connectivity index (χ1v) is 5.80. The zero-order valence-corrected chi connectivity index (χ0v) is 9.95. The predicted octanol–water partition coefficient (Wildman–Crippen LogP) is 0.869. The zero-order valence-electron chi connectivity index (χ0n) is 9.95. The van der Waals surface area contributed by atoms with E-state index in [1.807, 2.05) is 6.92 Å². The number of hydrogen-bond acceptors (Lipinski definition) is 3. The van der Waals surface area contributed by atoms with Gasteiger partial charge in [0.2, 0.25) is 0 Å². The van der Waals surface area contributed by atoms with Gasteiger partial charge in [-0.15, -0.1) is 0 Å². The minimum atomic E-state index is -0.698. The third kappa shape index (κ3) is 2.35. The topological polar surface area (TPSA) is 69.6 Å². The van der Waals surface area contributed by atoms with E-state index in [-0.39, 0.29) is 18.5 Å². The summed E-state index contributed by atoms with van der Waals surface area (Å²) >= 11 is 0. The van der Waals surface area contributed by atoms with Crippen LogP contribution in [0.5, 0.6) is 0 Å². The Morgan fingerprint density at radius 1 is 1.31 bits per heavy atom. The molecule has 0 aliphatic carbocycles. The summed E-state index contributed by atoms with van der Waals surface area (Å²) < 4.78 is 0. The molecule has 1 saturated heterocycles. The Hall–Kier alpha value is -1.10. The van der Waals surface area contributed by atoms with Crippen LogP contribution in [-0.2, 0) is 4.79 Å². The SMILES string of the molecule is CCC1(C)C(=O)NC(=O)N1CCCCCO. The molecule has 1 heterocycles. The number of nitrogens with zero attached hydrogens (tertiary/aromatic N) is 1. The first-order chi connectivity index (χ1) is 7.56. The van der Waals surface area contributed by atoms with Gasteiger partial charge >= 0.3 is 6.03 Å². The van der Waals surface area contributed by atoms with Crippen LogP contribution in [0.4, 0.5) is 4.79 Å². The Morgan fingerprint density at radius 2 is 2.00 bits per heavy atom. The lowest BCUT2D eigenvalue weighted by Gasteiger charge is -2.30. The van der Waals surface area contributed by atoms with Crippen molar-refractivity contribution >= 4 is 11.9 Å². The molecule has 5 heteroatoms. The molecule has 0 aromatic heterocycles. The van der Waals surface area contributed by atoms with Gasteiger partial charge in [0.15, 0.2) is 0 Å².